The summed E-state index contributed by atoms with van der Waals surface area (Å²) in [6, 6.07) is 11.1. The molecule has 3 rings (SSSR count). The zero-order valence-electron chi connectivity index (χ0n) is 12.5. The monoisotopic (exact) mass is 297 g/mol. The summed E-state index contributed by atoms with van der Waals surface area (Å²) < 4.78 is 13.8. The number of rotatable bonds is 2. The molecule has 22 heavy (non-hydrogen) atoms. The Labute approximate surface area is 128 Å². The molecule has 112 valence electrons. The van der Waals surface area contributed by atoms with Crippen molar-refractivity contribution in [2.24, 2.45) is 5.10 Å². The van der Waals surface area contributed by atoms with Crippen molar-refractivity contribution in [2.75, 3.05) is 0 Å². The first kappa shape index (κ1) is 14.4. The lowest BCUT2D eigenvalue weighted by atomic mass is 9.94. The van der Waals surface area contributed by atoms with Crippen LogP contribution in [0.1, 0.15) is 36.2 Å². The SMILES string of the molecule is CC1(C)CC(c2ccccc2)=NN1C(=O)c1ccncc1F. The second-order valence-corrected chi connectivity index (χ2v) is 5.87. The molecule has 0 unspecified atom stereocenters. The van der Waals surface area contributed by atoms with Crippen LogP contribution in [0.2, 0.25) is 0 Å². The minimum absolute atomic E-state index is 0.0128. The minimum Gasteiger partial charge on any atom is -0.267 e. The van der Waals surface area contributed by atoms with Gasteiger partial charge >= 0.3 is 0 Å². The number of amides is 1. The number of benzene rings is 1. The smallest absolute Gasteiger partial charge is 0.267 e. The average molecular weight is 297 g/mol. The van der Waals surface area contributed by atoms with Crippen molar-refractivity contribution in [3.63, 3.8) is 0 Å². The number of halogens is 1. The molecule has 0 N–H and O–H groups in total. The van der Waals surface area contributed by atoms with Crippen LogP contribution in [0.5, 0.6) is 0 Å². The predicted molar refractivity (Wildman–Crippen MR) is 82.0 cm³/mol. The first-order valence-corrected chi connectivity index (χ1v) is 7.06. The second kappa shape index (κ2) is 5.33. The molecule has 5 heteroatoms. The van der Waals surface area contributed by atoms with Crippen LogP contribution < -0.4 is 0 Å². The average Bonchev–Trinajstić information content (AvgIpc) is 2.84. The molecular weight excluding hydrogens is 281 g/mol. The molecule has 0 saturated heterocycles. The molecule has 1 aliphatic heterocycles. The normalized spacial score (nSPS) is 16.5. The van der Waals surface area contributed by atoms with Gasteiger partial charge in [-0.1, -0.05) is 30.3 Å². The van der Waals surface area contributed by atoms with Gasteiger partial charge in [-0.25, -0.2) is 9.40 Å². The van der Waals surface area contributed by atoms with Gasteiger partial charge in [0.2, 0.25) is 0 Å². The lowest BCUT2D eigenvalue weighted by Crippen LogP contribution is -2.41. The second-order valence-electron chi connectivity index (χ2n) is 5.87. The molecule has 1 aromatic carbocycles. The maximum Gasteiger partial charge on any atom is 0.277 e. The molecule has 0 atom stereocenters. The molecule has 0 fully saturated rings. The van der Waals surface area contributed by atoms with Crippen LogP contribution in [-0.4, -0.2) is 27.2 Å². The summed E-state index contributed by atoms with van der Waals surface area (Å²) in [6.07, 6.45) is 3.06. The molecule has 0 bridgehead atoms. The predicted octanol–water partition coefficient (Wildman–Crippen LogP) is 3.25. The van der Waals surface area contributed by atoms with E-state index in [4.69, 9.17) is 0 Å². The molecule has 0 aliphatic carbocycles. The van der Waals surface area contributed by atoms with Crippen molar-refractivity contribution in [3.8, 4) is 0 Å². The Balaban J connectivity index is 1.97. The van der Waals surface area contributed by atoms with Crippen LogP contribution >= 0.6 is 0 Å². The van der Waals surface area contributed by atoms with Gasteiger partial charge < -0.3 is 0 Å². The molecule has 2 aromatic rings. The van der Waals surface area contributed by atoms with Crippen molar-refractivity contribution in [1.29, 1.82) is 0 Å². The molecule has 4 nitrogen and oxygen atoms in total. The van der Waals surface area contributed by atoms with E-state index < -0.39 is 17.3 Å². The van der Waals surface area contributed by atoms with Gasteiger partial charge in [0.1, 0.15) is 0 Å². The van der Waals surface area contributed by atoms with Crippen molar-refractivity contribution in [3.05, 3.63) is 65.7 Å². The van der Waals surface area contributed by atoms with Crippen LogP contribution in [0.4, 0.5) is 4.39 Å². The van der Waals surface area contributed by atoms with Crippen LogP contribution in [-0.2, 0) is 0 Å². The van der Waals surface area contributed by atoms with E-state index in [0.717, 1.165) is 17.5 Å². The van der Waals surface area contributed by atoms with Gasteiger partial charge in [0, 0.05) is 12.6 Å². The number of hydrazone groups is 1. The topological polar surface area (TPSA) is 45.6 Å². The molecular formula is C17H16FN3O. The van der Waals surface area contributed by atoms with Crippen LogP contribution in [0.25, 0.3) is 0 Å². The number of hydrogen-bond donors (Lipinski definition) is 0. The van der Waals surface area contributed by atoms with Crippen molar-refractivity contribution >= 4 is 11.6 Å². The van der Waals surface area contributed by atoms with Gasteiger partial charge in [-0.15, -0.1) is 0 Å². The summed E-state index contributed by atoms with van der Waals surface area (Å²) in [5.74, 6) is -1.08. The Hall–Kier alpha value is -2.56. The third-order valence-electron chi connectivity index (χ3n) is 3.70. The molecule has 2 heterocycles. The number of nitrogens with zero attached hydrogens (tertiary/aromatic N) is 3. The summed E-state index contributed by atoms with van der Waals surface area (Å²) in [7, 11) is 0. The van der Waals surface area contributed by atoms with E-state index in [1.807, 2.05) is 44.2 Å². The van der Waals surface area contributed by atoms with E-state index in [1.54, 1.807) is 0 Å². The highest BCUT2D eigenvalue weighted by Gasteiger charge is 2.39. The van der Waals surface area contributed by atoms with Gasteiger partial charge in [-0.2, -0.15) is 5.10 Å². The number of pyridine rings is 1. The van der Waals surface area contributed by atoms with Crippen molar-refractivity contribution in [1.82, 2.24) is 9.99 Å². The zero-order chi connectivity index (χ0) is 15.7. The largest absolute Gasteiger partial charge is 0.277 e. The Bertz CT molecular complexity index is 741. The number of hydrogen-bond acceptors (Lipinski definition) is 3. The fourth-order valence-corrected chi connectivity index (χ4v) is 2.55. The highest BCUT2D eigenvalue weighted by molar-refractivity contribution is 6.05. The summed E-state index contributed by atoms with van der Waals surface area (Å²) in [5, 5.41) is 5.81. The number of aromatic nitrogens is 1. The van der Waals surface area contributed by atoms with Crippen LogP contribution in [0.15, 0.2) is 53.9 Å². The van der Waals surface area contributed by atoms with E-state index >= 15 is 0 Å². The van der Waals surface area contributed by atoms with Gasteiger partial charge in [-0.3, -0.25) is 9.78 Å². The Morgan fingerprint density at radius 2 is 1.95 bits per heavy atom. The summed E-state index contributed by atoms with van der Waals surface area (Å²) >= 11 is 0. The molecule has 0 spiro atoms. The van der Waals surface area contributed by atoms with E-state index in [9.17, 15) is 9.18 Å². The first-order chi connectivity index (χ1) is 10.5. The Kier molecular flexibility index (Phi) is 3.48. The maximum atomic E-state index is 13.8. The van der Waals surface area contributed by atoms with E-state index in [0.29, 0.717) is 6.42 Å². The highest BCUT2D eigenvalue weighted by Crippen LogP contribution is 2.31. The van der Waals surface area contributed by atoms with Gasteiger partial charge in [0.15, 0.2) is 5.82 Å². The van der Waals surface area contributed by atoms with Crippen molar-refractivity contribution in [2.45, 2.75) is 25.8 Å². The quantitative estimate of drug-likeness (QED) is 0.854. The van der Waals surface area contributed by atoms with Gasteiger partial charge in [0.05, 0.1) is 23.0 Å². The lowest BCUT2D eigenvalue weighted by molar-refractivity contribution is 0.0607. The fraction of sp³-hybridized carbons (Fsp3) is 0.235. The van der Waals surface area contributed by atoms with Crippen molar-refractivity contribution < 1.29 is 9.18 Å². The van der Waals surface area contributed by atoms with E-state index in [2.05, 4.69) is 10.1 Å². The summed E-state index contributed by atoms with van der Waals surface area (Å²) in [6.45, 7) is 3.84. The number of carbonyl (C=O) groups excluding carboxylic acids is 1. The highest BCUT2D eigenvalue weighted by atomic mass is 19.1. The molecule has 1 aliphatic rings. The summed E-state index contributed by atoms with van der Waals surface area (Å²) in [5.41, 5.74) is 1.29. The molecule has 0 radical (unpaired) electrons. The molecule has 1 aromatic heterocycles. The third-order valence-corrected chi connectivity index (χ3v) is 3.70. The zero-order valence-corrected chi connectivity index (χ0v) is 12.5. The Morgan fingerprint density at radius 3 is 2.64 bits per heavy atom. The van der Waals surface area contributed by atoms with E-state index in [-0.39, 0.29) is 5.56 Å². The minimum atomic E-state index is -0.633. The standard InChI is InChI=1S/C17H16FN3O/c1-17(2)10-15(12-6-4-3-5-7-12)20-21(17)16(22)13-8-9-19-11-14(13)18/h3-9,11H,10H2,1-2H3. The van der Waals surface area contributed by atoms with Crippen LogP contribution in [0.3, 0.4) is 0 Å². The first-order valence-electron chi connectivity index (χ1n) is 7.06. The molecule has 0 saturated carbocycles. The Morgan fingerprint density at radius 1 is 1.23 bits per heavy atom. The van der Waals surface area contributed by atoms with Crippen LogP contribution in [0, 0.1) is 5.82 Å². The maximum absolute atomic E-state index is 13.8. The van der Waals surface area contributed by atoms with Gasteiger partial charge in [0.25, 0.3) is 5.91 Å². The summed E-state index contributed by atoms with van der Waals surface area (Å²) in [4.78, 5) is 16.3. The third kappa shape index (κ3) is 2.50. The molecule has 1 amide bonds. The fourth-order valence-electron chi connectivity index (χ4n) is 2.55. The lowest BCUT2D eigenvalue weighted by Gasteiger charge is -2.28. The van der Waals surface area contributed by atoms with Gasteiger partial charge in [-0.05, 0) is 25.5 Å². The number of carbonyl (C=O) groups is 1. The van der Waals surface area contributed by atoms with E-state index in [1.165, 1.54) is 17.3 Å².